The second kappa shape index (κ2) is 8.63. The Morgan fingerprint density at radius 1 is 0.800 bits per heavy atom. The molecule has 0 aromatic heterocycles. The molecule has 0 bridgehead atoms. The van der Waals surface area contributed by atoms with Crippen molar-refractivity contribution in [3.63, 3.8) is 0 Å². The van der Waals surface area contributed by atoms with Gasteiger partial charge in [-0.25, -0.2) is 0 Å². The van der Waals surface area contributed by atoms with Crippen LogP contribution >= 0.6 is 0 Å². The van der Waals surface area contributed by atoms with Crippen LogP contribution in [0.3, 0.4) is 0 Å². The Hall–Kier alpha value is -2.62. The lowest BCUT2D eigenvalue weighted by Crippen LogP contribution is -2.23. The minimum Gasteiger partial charge on any atom is -0.427 e. The van der Waals surface area contributed by atoms with Crippen LogP contribution in [0.2, 0.25) is 0 Å². The lowest BCUT2D eigenvalue weighted by atomic mass is 9.75. The number of hydrogen-bond acceptors (Lipinski definition) is 4. The fourth-order valence-corrected chi connectivity index (χ4v) is 4.63. The molecular weight excluding hydrogens is 376 g/mol. The van der Waals surface area contributed by atoms with Gasteiger partial charge in [0, 0.05) is 18.3 Å². The number of esters is 2. The first-order chi connectivity index (χ1) is 14.2. The van der Waals surface area contributed by atoms with Crippen molar-refractivity contribution in [3.05, 3.63) is 59.2 Å². The van der Waals surface area contributed by atoms with Crippen molar-refractivity contribution in [2.75, 3.05) is 0 Å². The predicted molar refractivity (Wildman–Crippen MR) is 118 cm³/mol. The molecule has 0 unspecified atom stereocenters. The Balaban J connectivity index is 1.92. The maximum absolute atomic E-state index is 12.0. The minimum atomic E-state index is -0.224. The van der Waals surface area contributed by atoms with Gasteiger partial charge in [-0.2, -0.15) is 0 Å². The van der Waals surface area contributed by atoms with Gasteiger partial charge < -0.3 is 9.47 Å². The fraction of sp³-hybridized carbons (Fsp3) is 0.462. The summed E-state index contributed by atoms with van der Waals surface area (Å²) in [5.41, 5.74) is 3.39. The molecule has 0 fully saturated rings. The van der Waals surface area contributed by atoms with Crippen molar-refractivity contribution < 1.29 is 19.1 Å². The minimum absolute atomic E-state index is 0.00229. The molecule has 2 aromatic carbocycles. The van der Waals surface area contributed by atoms with Gasteiger partial charge in [-0.15, -0.1) is 0 Å². The number of carbonyl (C=O) groups is 2. The Morgan fingerprint density at radius 2 is 1.33 bits per heavy atom. The topological polar surface area (TPSA) is 52.6 Å². The molecule has 1 aliphatic rings. The van der Waals surface area contributed by atoms with E-state index in [4.69, 9.17) is 9.47 Å². The number of rotatable bonds is 7. The fourth-order valence-electron chi connectivity index (χ4n) is 4.63. The molecule has 1 atom stereocenters. The molecule has 160 valence electrons. The van der Waals surface area contributed by atoms with E-state index in [2.05, 4.69) is 26.8 Å². The third-order valence-electron chi connectivity index (χ3n) is 5.97. The summed E-state index contributed by atoms with van der Waals surface area (Å²) in [6, 6.07) is 13.8. The van der Waals surface area contributed by atoms with Crippen molar-refractivity contribution in [2.45, 2.75) is 77.6 Å². The molecule has 30 heavy (non-hydrogen) atoms. The summed E-state index contributed by atoms with van der Waals surface area (Å²) in [5.74, 6) is 0.763. The van der Waals surface area contributed by atoms with Crippen molar-refractivity contribution in [1.29, 1.82) is 0 Å². The van der Waals surface area contributed by atoms with E-state index in [-0.39, 0.29) is 22.8 Å². The van der Waals surface area contributed by atoms with Crippen molar-refractivity contribution in [1.82, 2.24) is 0 Å². The molecule has 2 aromatic rings. The molecule has 0 heterocycles. The monoisotopic (exact) mass is 408 g/mol. The van der Waals surface area contributed by atoms with Crippen molar-refractivity contribution in [2.24, 2.45) is 0 Å². The number of fused-ring (bicyclic) bond motifs is 1. The van der Waals surface area contributed by atoms with Gasteiger partial charge in [0.25, 0.3) is 0 Å². The van der Waals surface area contributed by atoms with Gasteiger partial charge in [-0.1, -0.05) is 52.8 Å². The lowest BCUT2D eigenvalue weighted by Gasteiger charge is -2.28. The van der Waals surface area contributed by atoms with Crippen LogP contribution in [0.4, 0.5) is 0 Å². The largest absolute Gasteiger partial charge is 0.427 e. The first-order valence-electron chi connectivity index (χ1n) is 10.9. The molecule has 0 saturated heterocycles. The van der Waals surface area contributed by atoms with Gasteiger partial charge >= 0.3 is 11.9 Å². The normalized spacial score (nSPS) is 19.2. The number of hydrogen-bond donors (Lipinski definition) is 0. The summed E-state index contributed by atoms with van der Waals surface area (Å²) in [6.07, 6.45) is 3.31. The van der Waals surface area contributed by atoms with E-state index in [0.717, 1.165) is 24.8 Å². The summed E-state index contributed by atoms with van der Waals surface area (Å²) in [5, 5.41) is 0. The van der Waals surface area contributed by atoms with Gasteiger partial charge in [-0.3, -0.25) is 9.59 Å². The van der Waals surface area contributed by atoms with E-state index in [9.17, 15) is 9.59 Å². The average molecular weight is 409 g/mol. The standard InChI is InChI=1S/C26H32O4/c1-6-8-23(27)29-19-12-10-18(11-13-19)26(5)17-25(3,4)21-15-14-20(16-22(21)26)30-24(28)9-7-2/h10-16H,6-9,17H2,1-5H3/t26-/m0/s1. The van der Waals surface area contributed by atoms with E-state index in [1.165, 1.54) is 11.1 Å². The van der Waals surface area contributed by atoms with Crippen LogP contribution in [0.15, 0.2) is 42.5 Å². The Labute approximate surface area is 179 Å². The van der Waals surface area contributed by atoms with Crippen LogP contribution in [-0.2, 0) is 20.4 Å². The van der Waals surface area contributed by atoms with Crippen LogP contribution in [0, 0.1) is 0 Å². The smallest absolute Gasteiger partial charge is 0.311 e. The van der Waals surface area contributed by atoms with Crippen molar-refractivity contribution in [3.8, 4) is 11.5 Å². The molecular formula is C26H32O4. The second-order valence-electron chi connectivity index (χ2n) is 9.07. The molecule has 0 amide bonds. The Morgan fingerprint density at radius 3 is 1.90 bits per heavy atom. The number of carbonyl (C=O) groups excluding carboxylic acids is 2. The van der Waals surface area contributed by atoms with Crippen LogP contribution in [0.1, 0.15) is 83.4 Å². The van der Waals surface area contributed by atoms with E-state index in [1.54, 1.807) is 0 Å². The highest BCUT2D eigenvalue weighted by molar-refractivity contribution is 5.73. The zero-order valence-corrected chi connectivity index (χ0v) is 18.7. The SMILES string of the molecule is CCCC(=O)Oc1ccc([C@]2(C)CC(C)(C)c3ccc(OC(=O)CCC)cc32)cc1. The first kappa shape index (κ1) is 22.1. The Bertz CT molecular complexity index is 927. The van der Waals surface area contributed by atoms with Crippen LogP contribution in [0.25, 0.3) is 0 Å². The van der Waals surface area contributed by atoms with Gasteiger partial charge in [0.05, 0.1) is 0 Å². The predicted octanol–water partition coefficient (Wildman–Crippen LogP) is 6.08. The maximum atomic E-state index is 12.0. The maximum Gasteiger partial charge on any atom is 0.311 e. The summed E-state index contributed by atoms with van der Waals surface area (Å²) in [6.45, 7) is 10.7. The molecule has 3 rings (SSSR count). The molecule has 0 saturated carbocycles. The second-order valence-corrected chi connectivity index (χ2v) is 9.07. The van der Waals surface area contributed by atoms with Crippen LogP contribution in [0.5, 0.6) is 11.5 Å². The number of ether oxygens (including phenoxy) is 2. The van der Waals surface area contributed by atoms with Crippen molar-refractivity contribution >= 4 is 11.9 Å². The van der Waals surface area contributed by atoms with Crippen LogP contribution < -0.4 is 9.47 Å². The molecule has 0 aliphatic heterocycles. The zero-order valence-electron chi connectivity index (χ0n) is 18.7. The Kier molecular flexibility index (Phi) is 6.35. The molecule has 0 radical (unpaired) electrons. The third-order valence-corrected chi connectivity index (χ3v) is 5.97. The zero-order chi connectivity index (χ0) is 21.9. The van der Waals surface area contributed by atoms with E-state index < -0.39 is 0 Å². The summed E-state index contributed by atoms with van der Waals surface area (Å²) in [7, 11) is 0. The van der Waals surface area contributed by atoms with E-state index in [1.807, 2.05) is 50.2 Å². The quantitative estimate of drug-likeness (QED) is 0.411. The number of benzene rings is 2. The van der Waals surface area contributed by atoms with Gasteiger partial charge in [0.1, 0.15) is 11.5 Å². The highest BCUT2D eigenvalue weighted by Gasteiger charge is 2.45. The van der Waals surface area contributed by atoms with Gasteiger partial charge in [0.2, 0.25) is 0 Å². The molecule has 4 heteroatoms. The first-order valence-corrected chi connectivity index (χ1v) is 10.9. The highest BCUT2D eigenvalue weighted by atomic mass is 16.5. The molecule has 0 N–H and O–H groups in total. The highest BCUT2D eigenvalue weighted by Crippen LogP contribution is 2.53. The summed E-state index contributed by atoms with van der Waals surface area (Å²) >= 11 is 0. The van der Waals surface area contributed by atoms with E-state index in [0.29, 0.717) is 24.3 Å². The molecule has 4 nitrogen and oxygen atoms in total. The summed E-state index contributed by atoms with van der Waals surface area (Å²) in [4.78, 5) is 23.8. The third kappa shape index (κ3) is 4.43. The average Bonchev–Trinajstić information content (AvgIpc) is 2.89. The van der Waals surface area contributed by atoms with Gasteiger partial charge in [-0.05, 0) is 65.6 Å². The molecule has 0 spiro atoms. The molecule has 1 aliphatic carbocycles. The van der Waals surface area contributed by atoms with E-state index >= 15 is 0 Å². The summed E-state index contributed by atoms with van der Waals surface area (Å²) < 4.78 is 11.0. The van der Waals surface area contributed by atoms with Crippen LogP contribution in [-0.4, -0.2) is 11.9 Å². The lowest BCUT2D eigenvalue weighted by molar-refractivity contribution is -0.135. The van der Waals surface area contributed by atoms with Gasteiger partial charge in [0.15, 0.2) is 0 Å².